The van der Waals surface area contributed by atoms with Crippen molar-refractivity contribution in [3.63, 3.8) is 0 Å². The fourth-order valence-corrected chi connectivity index (χ4v) is 3.95. The molecule has 1 fully saturated rings. The molecule has 140 valence electrons. The minimum absolute atomic E-state index is 0.0357. The lowest BCUT2D eigenvalue weighted by Crippen LogP contribution is -2.81. The summed E-state index contributed by atoms with van der Waals surface area (Å²) in [6.07, 6.45) is -0.741. The van der Waals surface area contributed by atoms with Crippen LogP contribution in [0.1, 0.15) is 29.9 Å². The summed E-state index contributed by atoms with van der Waals surface area (Å²) >= 11 is 0. The van der Waals surface area contributed by atoms with Crippen molar-refractivity contribution in [3.8, 4) is 11.1 Å². The molecule has 0 radical (unpaired) electrons. The zero-order valence-electron chi connectivity index (χ0n) is 14.9. The molecule has 2 atom stereocenters. The molecule has 0 bridgehead atoms. The molecule has 3 N–H and O–H groups in total. The Kier molecular flexibility index (Phi) is 4.45. The van der Waals surface area contributed by atoms with E-state index in [2.05, 4.69) is 17.9 Å². The molecule has 2 aromatic rings. The van der Waals surface area contributed by atoms with Crippen LogP contribution in [0.3, 0.4) is 0 Å². The Bertz CT molecular complexity index is 850. The van der Waals surface area contributed by atoms with Crippen LogP contribution in [0.5, 0.6) is 0 Å². The van der Waals surface area contributed by atoms with Gasteiger partial charge in [-0.15, -0.1) is 0 Å². The number of ether oxygens (including phenoxy) is 2. The van der Waals surface area contributed by atoms with Gasteiger partial charge in [-0.2, -0.15) is 0 Å². The van der Waals surface area contributed by atoms with Crippen LogP contribution in [0.2, 0.25) is 0 Å². The molecule has 1 aliphatic heterocycles. The number of hydrogen-bond donors (Lipinski definition) is 1. The molecule has 4 rings (SSSR count). The number of quaternary nitrogens is 1. The summed E-state index contributed by atoms with van der Waals surface area (Å²) in [7, 11) is 0. The van der Waals surface area contributed by atoms with E-state index in [0.29, 0.717) is 0 Å². The summed E-state index contributed by atoms with van der Waals surface area (Å²) in [4.78, 5) is 23.8. The Balaban J connectivity index is 1.49. The summed E-state index contributed by atoms with van der Waals surface area (Å²) in [6.45, 7) is 0.328. The number of aliphatic carboxylic acids is 1. The van der Waals surface area contributed by atoms with Crippen LogP contribution in [-0.4, -0.2) is 36.8 Å². The molecule has 2 aliphatic rings. The molecule has 1 heterocycles. The Morgan fingerprint density at radius 1 is 1.11 bits per heavy atom. The standard InChI is InChI=1S/C21H21NO5/c22-21(20(24)25)9-10-26-18(11-21)19(23)27-12-17-15-7-3-1-5-13(15)14-6-2-4-8-16(14)17/h1-8,17-18H,9-12,22H2,(H,24,25)/t18-,21-/m1/s1. The quantitative estimate of drug-likeness (QED) is 0.781. The number of carboxylic acids is 1. The van der Waals surface area contributed by atoms with Crippen molar-refractivity contribution in [1.82, 2.24) is 0 Å². The molecule has 0 amide bonds. The highest BCUT2D eigenvalue weighted by molar-refractivity contribution is 5.81. The summed E-state index contributed by atoms with van der Waals surface area (Å²) in [5.41, 5.74) is 6.94. The number of carboxylic acid groups (broad SMARTS) is 1. The first-order valence-electron chi connectivity index (χ1n) is 9.03. The van der Waals surface area contributed by atoms with E-state index in [1.54, 1.807) is 0 Å². The van der Waals surface area contributed by atoms with Gasteiger partial charge in [-0.1, -0.05) is 48.5 Å². The molecular formula is C21H21NO5. The maximum absolute atomic E-state index is 12.5. The molecule has 6 heteroatoms. The second kappa shape index (κ2) is 6.79. The number of carbonyl (C=O) groups excluding carboxylic acids is 2. The molecular weight excluding hydrogens is 346 g/mol. The molecule has 1 aliphatic carbocycles. The first-order valence-corrected chi connectivity index (χ1v) is 9.03. The van der Waals surface area contributed by atoms with Crippen molar-refractivity contribution in [3.05, 3.63) is 59.7 Å². The first kappa shape index (κ1) is 17.7. The lowest BCUT2D eigenvalue weighted by molar-refractivity contribution is -0.497. The van der Waals surface area contributed by atoms with Gasteiger partial charge in [0.2, 0.25) is 0 Å². The van der Waals surface area contributed by atoms with Crippen LogP contribution in [0.15, 0.2) is 48.5 Å². The highest BCUT2D eigenvalue weighted by Gasteiger charge is 2.42. The van der Waals surface area contributed by atoms with Crippen LogP contribution in [0, 0.1) is 0 Å². The number of benzene rings is 2. The Hall–Kier alpha value is -2.70. The molecule has 0 unspecified atom stereocenters. The largest absolute Gasteiger partial charge is 0.544 e. The number of rotatable bonds is 4. The Labute approximate surface area is 156 Å². The molecule has 1 saturated heterocycles. The minimum Gasteiger partial charge on any atom is -0.544 e. The fourth-order valence-electron chi connectivity index (χ4n) is 3.95. The van der Waals surface area contributed by atoms with E-state index in [-0.39, 0.29) is 32.0 Å². The van der Waals surface area contributed by atoms with E-state index in [1.165, 1.54) is 0 Å². The van der Waals surface area contributed by atoms with Crippen LogP contribution < -0.4 is 10.8 Å². The van der Waals surface area contributed by atoms with Gasteiger partial charge in [0.25, 0.3) is 0 Å². The molecule has 0 spiro atoms. The second-order valence-electron chi connectivity index (χ2n) is 7.24. The van der Waals surface area contributed by atoms with E-state index in [0.717, 1.165) is 22.3 Å². The predicted molar refractivity (Wildman–Crippen MR) is 94.3 cm³/mol. The zero-order chi connectivity index (χ0) is 19.0. The maximum atomic E-state index is 12.5. The van der Waals surface area contributed by atoms with Crippen molar-refractivity contribution in [2.75, 3.05) is 13.2 Å². The van der Waals surface area contributed by atoms with Gasteiger partial charge in [0.1, 0.15) is 18.1 Å². The average Bonchev–Trinajstić information content (AvgIpc) is 3.00. The maximum Gasteiger partial charge on any atom is 0.335 e. The van der Waals surface area contributed by atoms with Crippen molar-refractivity contribution in [1.29, 1.82) is 0 Å². The van der Waals surface area contributed by atoms with Crippen molar-refractivity contribution in [2.24, 2.45) is 0 Å². The van der Waals surface area contributed by atoms with Gasteiger partial charge >= 0.3 is 5.97 Å². The van der Waals surface area contributed by atoms with E-state index in [9.17, 15) is 14.7 Å². The third-order valence-electron chi connectivity index (χ3n) is 5.53. The van der Waals surface area contributed by atoms with E-state index in [1.807, 2.05) is 36.4 Å². The summed E-state index contributed by atoms with van der Waals surface area (Å²) in [5, 5.41) is 11.3. The summed E-state index contributed by atoms with van der Waals surface area (Å²) < 4.78 is 11.0. The first-order chi connectivity index (χ1) is 13.0. The monoisotopic (exact) mass is 367 g/mol. The van der Waals surface area contributed by atoms with E-state index in [4.69, 9.17) is 9.47 Å². The average molecular weight is 367 g/mol. The third-order valence-corrected chi connectivity index (χ3v) is 5.53. The Morgan fingerprint density at radius 2 is 1.70 bits per heavy atom. The normalized spacial score (nSPS) is 24.1. The van der Waals surface area contributed by atoms with Gasteiger partial charge in [-0.05, 0) is 22.3 Å². The highest BCUT2D eigenvalue weighted by atomic mass is 16.6. The van der Waals surface area contributed by atoms with Crippen LogP contribution >= 0.6 is 0 Å². The summed E-state index contributed by atoms with van der Waals surface area (Å²) in [6, 6.07) is 16.2. The third kappa shape index (κ3) is 3.11. The fraction of sp³-hybridized carbons (Fsp3) is 0.333. The van der Waals surface area contributed by atoms with E-state index >= 15 is 0 Å². The van der Waals surface area contributed by atoms with Crippen molar-refractivity contribution in [2.45, 2.75) is 30.4 Å². The Morgan fingerprint density at radius 3 is 2.30 bits per heavy atom. The van der Waals surface area contributed by atoms with Crippen molar-refractivity contribution >= 4 is 11.9 Å². The number of hydrogen-bond acceptors (Lipinski definition) is 5. The van der Waals surface area contributed by atoms with Gasteiger partial charge < -0.3 is 25.1 Å². The minimum atomic E-state index is -1.31. The zero-order valence-corrected chi connectivity index (χ0v) is 14.9. The van der Waals surface area contributed by atoms with Gasteiger partial charge in [-0.25, -0.2) is 4.79 Å². The molecule has 27 heavy (non-hydrogen) atoms. The van der Waals surface area contributed by atoms with Crippen molar-refractivity contribution < 1.29 is 29.9 Å². The number of fused-ring (bicyclic) bond motifs is 3. The lowest BCUT2D eigenvalue weighted by atomic mass is 9.88. The lowest BCUT2D eigenvalue weighted by Gasteiger charge is -2.34. The predicted octanol–water partition coefficient (Wildman–Crippen LogP) is 0.252. The van der Waals surface area contributed by atoms with Gasteiger partial charge in [0, 0.05) is 18.8 Å². The molecule has 6 nitrogen and oxygen atoms in total. The van der Waals surface area contributed by atoms with Gasteiger partial charge in [0.05, 0.1) is 6.61 Å². The van der Waals surface area contributed by atoms with Crippen LogP contribution in [-0.2, 0) is 19.1 Å². The number of esters is 1. The molecule has 2 aromatic carbocycles. The van der Waals surface area contributed by atoms with Crippen LogP contribution in [0.25, 0.3) is 11.1 Å². The smallest absolute Gasteiger partial charge is 0.335 e. The second-order valence-corrected chi connectivity index (χ2v) is 7.24. The van der Waals surface area contributed by atoms with Gasteiger partial charge in [0.15, 0.2) is 6.10 Å². The van der Waals surface area contributed by atoms with Crippen LogP contribution in [0.4, 0.5) is 0 Å². The molecule has 0 saturated carbocycles. The van der Waals surface area contributed by atoms with Gasteiger partial charge in [-0.3, -0.25) is 0 Å². The SMILES string of the molecule is [NH3+][C@]1(C(=O)[O-])CCO[C@@H](C(=O)OCC2c3ccccc3-c3ccccc32)C1. The van der Waals surface area contributed by atoms with E-state index < -0.39 is 23.6 Å². The topological polar surface area (TPSA) is 103 Å². The number of carbonyl (C=O) groups is 2. The highest BCUT2D eigenvalue weighted by Crippen LogP contribution is 2.44. The summed E-state index contributed by atoms with van der Waals surface area (Å²) in [5.74, 6) is -1.86. The molecule has 0 aromatic heterocycles.